The van der Waals surface area contributed by atoms with Crippen LogP contribution in [0.3, 0.4) is 0 Å². The summed E-state index contributed by atoms with van der Waals surface area (Å²) in [6, 6.07) is 11.7. The van der Waals surface area contributed by atoms with E-state index >= 15 is 0 Å². The number of aromatic nitrogens is 1. The molecule has 2 N–H and O–H groups in total. The van der Waals surface area contributed by atoms with Crippen molar-refractivity contribution in [1.82, 2.24) is 4.98 Å². The predicted octanol–water partition coefficient (Wildman–Crippen LogP) is 2.77. The number of nitrogens with two attached hydrogens (primary N) is 1. The highest BCUT2D eigenvalue weighted by atomic mass is 16.1. The summed E-state index contributed by atoms with van der Waals surface area (Å²) in [7, 11) is 0. The monoisotopic (exact) mass is 240 g/mol. The molecule has 0 aliphatic heterocycles. The van der Waals surface area contributed by atoms with Gasteiger partial charge in [-0.1, -0.05) is 30.3 Å². The van der Waals surface area contributed by atoms with Crippen LogP contribution in [-0.2, 0) is 4.79 Å². The second-order valence-electron chi connectivity index (χ2n) is 4.25. The van der Waals surface area contributed by atoms with Gasteiger partial charge < -0.3 is 5.73 Å². The van der Waals surface area contributed by atoms with Gasteiger partial charge in [0.25, 0.3) is 0 Å². The van der Waals surface area contributed by atoms with Crippen LogP contribution in [0.15, 0.2) is 49.1 Å². The standard InChI is InChI=1S/C15H16N2O/c1-2-3-7-12(15(16)18)14-10-9-11-6-4-5-8-13(11)17-14/h2,4-6,8-10,12H,1,3,7H2,(H2,16,18). The minimum absolute atomic E-state index is 0.334. The van der Waals surface area contributed by atoms with Crippen LogP contribution >= 0.6 is 0 Å². The maximum atomic E-state index is 11.5. The number of benzene rings is 1. The summed E-state index contributed by atoms with van der Waals surface area (Å²) in [5.74, 6) is -0.674. The second-order valence-corrected chi connectivity index (χ2v) is 4.25. The van der Waals surface area contributed by atoms with E-state index in [1.165, 1.54) is 0 Å². The quantitative estimate of drug-likeness (QED) is 0.817. The van der Waals surface area contributed by atoms with Gasteiger partial charge in [0.2, 0.25) is 5.91 Å². The fraction of sp³-hybridized carbons (Fsp3) is 0.200. The molecule has 92 valence electrons. The van der Waals surface area contributed by atoms with E-state index in [0.717, 1.165) is 23.0 Å². The molecule has 1 amide bonds. The van der Waals surface area contributed by atoms with Crippen LogP contribution in [-0.4, -0.2) is 10.9 Å². The Balaban J connectivity index is 2.37. The van der Waals surface area contributed by atoms with Crippen molar-refractivity contribution < 1.29 is 4.79 Å². The van der Waals surface area contributed by atoms with Gasteiger partial charge in [-0.05, 0) is 25.0 Å². The highest BCUT2D eigenvalue weighted by molar-refractivity contribution is 5.83. The molecule has 2 rings (SSSR count). The second kappa shape index (κ2) is 5.45. The van der Waals surface area contributed by atoms with Gasteiger partial charge in [0.05, 0.1) is 17.1 Å². The first kappa shape index (κ1) is 12.3. The number of primary amides is 1. The molecular formula is C15H16N2O. The Morgan fingerprint density at radius 3 is 2.83 bits per heavy atom. The van der Waals surface area contributed by atoms with Crippen LogP contribution in [0, 0.1) is 0 Å². The highest BCUT2D eigenvalue weighted by Crippen LogP contribution is 2.22. The summed E-state index contributed by atoms with van der Waals surface area (Å²) in [5.41, 5.74) is 7.07. The SMILES string of the molecule is C=CCCC(C(N)=O)c1ccc2ccccc2n1. The smallest absolute Gasteiger partial charge is 0.226 e. The number of para-hydroxylation sites is 1. The zero-order chi connectivity index (χ0) is 13.0. The van der Waals surface area contributed by atoms with Gasteiger partial charge in [-0.2, -0.15) is 0 Å². The topological polar surface area (TPSA) is 56.0 Å². The number of hydrogen-bond donors (Lipinski definition) is 1. The molecule has 0 spiro atoms. The molecule has 0 fully saturated rings. The lowest BCUT2D eigenvalue weighted by atomic mass is 9.97. The van der Waals surface area contributed by atoms with Gasteiger partial charge in [0.15, 0.2) is 0 Å². The lowest BCUT2D eigenvalue weighted by Crippen LogP contribution is -2.22. The average molecular weight is 240 g/mol. The Bertz CT molecular complexity index is 577. The van der Waals surface area contributed by atoms with Gasteiger partial charge in [0, 0.05) is 5.39 Å². The minimum atomic E-state index is -0.340. The van der Waals surface area contributed by atoms with Crippen molar-refractivity contribution in [2.24, 2.45) is 5.73 Å². The number of rotatable bonds is 5. The van der Waals surface area contributed by atoms with E-state index in [1.807, 2.05) is 36.4 Å². The molecule has 1 heterocycles. The Morgan fingerprint density at radius 1 is 1.33 bits per heavy atom. The number of carbonyl (C=O) groups excluding carboxylic acids is 1. The van der Waals surface area contributed by atoms with E-state index in [9.17, 15) is 4.79 Å². The fourth-order valence-electron chi connectivity index (χ4n) is 2.00. The summed E-state index contributed by atoms with van der Waals surface area (Å²) >= 11 is 0. The largest absolute Gasteiger partial charge is 0.369 e. The van der Waals surface area contributed by atoms with Crippen LogP contribution < -0.4 is 5.73 Å². The predicted molar refractivity (Wildman–Crippen MR) is 73.1 cm³/mol. The number of carbonyl (C=O) groups is 1. The molecule has 1 aromatic carbocycles. The Labute approximate surface area is 106 Å². The maximum absolute atomic E-state index is 11.5. The molecule has 3 heteroatoms. The molecule has 1 unspecified atom stereocenters. The minimum Gasteiger partial charge on any atom is -0.369 e. The molecule has 1 atom stereocenters. The Morgan fingerprint density at radius 2 is 2.11 bits per heavy atom. The van der Waals surface area contributed by atoms with Gasteiger partial charge in [-0.25, -0.2) is 0 Å². The van der Waals surface area contributed by atoms with E-state index in [0.29, 0.717) is 6.42 Å². The lowest BCUT2D eigenvalue weighted by molar-refractivity contribution is -0.119. The van der Waals surface area contributed by atoms with Gasteiger partial charge in [0.1, 0.15) is 0 Å². The molecule has 0 aliphatic rings. The van der Waals surface area contributed by atoms with E-state index in [-0.39, 0.29) is 11.8 Å². The summed E-state index contributed by atoms with van der Waals surface area (Å²) in [6.07, 6.45) is 3.20. The third-order valence-corrected chi connectivity index (χ3v) is 2.98. The van der Waals surface area contributed by atoms with E-state index in [4.69, 9.17) is 5.73 Å². The summed E-state index contributed by atoms with van der Waals surface area (Å²) in [5, 5.41) is 1.06. The van der Waals surface area contributed by atoms with E-state index in [1.54, 1.807) is 6.08 Å². The molecule has 2 aromatic rings. The highest BCUT2D eigenvalue weighted by Gasteiger charge is 2.18. The molecule has 0 bridgehead atoms. The van der Waals surface area contributed by atoms with Gasteiger partial charge in [-0.15, -0.1) is 6.58 Å². The summed E-state index contributed by atoms with van der Waals surface area (Å²) in [4.78, 5) is 16.0. The molecule has 0 radical (unpaired) electrons. The van der Waals surface area contributed by atoms with Crippen LogP contribution in [0.2, 0.25) is 0 Å². The van der Waals surface area contributed by atoms with Crippen LogP contribution in [0.5, 0.6) is 0 Å². The summed E-state index contributed by atoms with van der Waals surface area (Å²) in [6.45, 7) is 3.66. The molecule has 1 aromatic heterocycles. The van der Waals surface area contributed by atoms with Gasteiger partial charge in [-0.3, -0.25) is 9.78 Å². The summed E-state index contributed by atoms with van der Waals surface area (Å²) < 4.78 is 0. The van der Waals surface area contributed by atoms with Crippen molar-refractivity contribution in [3.63, 3.8) is 0 Å². The van der Waals surface area contributed by atoms with Crippen molar-refractivity contribution in [3.8, 4) is 0 Å². The molecular weight excluding hydrogens is 224 g/mol. The molecule has 0 saturated heterocycles. The van der Waals surface area contributed by atoms with Crippen molar-refractivity contribution >= 4 is 16.8 Å². The third-order valence-electron chi connectivity index (χ3n) is 2.98. The lowest BCUT2D eigenvalue weighted by Gasteiger charge is -2.12. The number of hydrogen-bond acceptors (Lipinski definition) is 2. The zero-order valence-electron chi connectivity index (χ0n) is 10.2. The maximum Gasteiger partial charge on any atom is 0.226 e. The first-order valence-electron chi connectivity index (χ1n) is 5.98. The molecule has 0 saturated carbocycles. The number of pyridine rings is 1. The fourth-order valence-corrected chi connectivity index (χ4v) is 2.00. The van der Waals surface area contributed by atoms with Crippen molar-refractivity contribution in [3.05, 3.63) is 54.7 Å². The van der Waals surface area contributed by atoms with E-state index < -0.39 is 0 Å². The molecule has 18 heavy (non-hydrogen) atoms. The van der Waals surface area contributed by atoms with Crippen LogP contribution in [0.1, 0.15) is 24.5 Å². The van der Waals surface area contributed by atoms with Crippen molar-refractivity contribution in [2.75, 3.05) is 0 Å². The molecule has 0 aliphatic carbocycles. The van der Waals surface area contributed by atoms with E-state index in [2.05, 4.69) is 11.6 Å². The third kappa shape index (κ3) is 2.56. The number of amides is 1. The molecule has 3 nitrogen and oxygen atoms in total. The van der Waals surface area contributed by atoms with Crippen molar-refractivity contribution in [2.45, 2.75) is 18.8 Å². The first-order valence-corrected chi connectivity index (χ1v) is 5.98. The average Bonchev–Trinajstić information content (AvgIpc) is 2.38. The normalized spacial score (nSPS) is 12.2. The van der Waals surface area contributed by atoms with Crippen LogP contribution in [0.4, 0.5) is 0 Å². The zero-order valence-corrected chi connectivity index (χ0v) is 10.2. The Kier molecular flexibility index (Phi) is 3.72. The number of fused-ring (bicyclic) bond motifs is 1. The van der Waals surface area contributed by atoms with Crippen molar-refractivity contribution in [1.29, 1.82) is 0 Å². The van der Waals surface area contributed by atoms with Gasteiger partial charge >= 0.3 is 0 Å². The van der Waals surface area contributed by atoms with Crippen LogP contribution in [0.25, 0.3) is 10.9 Å². The number of nitrogens with zero attached hydrogens (tertiary/aromatic N) is 1. The Hall–Kier alpha value is -2.16. The number of allylic oxidation sites excluding steroid dienone is 1. The first-order chi connectivity index (χ1) is 8.72.